The number of amides is 1. The van der Waals surface area contributed by atoms with E-state index < -0.39 is 0 Å². The molecule has 0 radical (unpaired) electrons. The zero-order valence-corrected chi connectivity index (χ0v) is 12.8. The molecule has 112 valence electrons. The molecule has 0 saturated heterocycles. The van der Waals surface area contributed by atoms with Crippen molar-refractivity contribution in [1.29, 1.82) is 0 Å². The first-order valence-corrected chi connectivity index (χ1v) is 7.94. The highest BCUT2D eigenvalue weighted by Gasteiger charge is 2.13. The van der Waals surface area contributed by atoms with E-state index in [2.05, 4.69) is 20.3 Å². The molecule has 0 aliphatic rings. The summed E-state index contributed by atoms with van der Waals surface area (Å²) >= 11 is 1.44. The van der Waals surface area contributed by atoms with Crippen molar-refractivity contribution < 1.29 is 4.79 Å². The zero-order valence-electron chi connectivity index (χ0n) is 12.0. The highest BCUT2D eigenvalue weighted by molar-refractivity contribution is 7.13. The van der Waals surface area contributed by atoms with Gasteiger partial charge in [0.25, 0.3) is 5.91 Å². The van der Waals surface area contributed by atoms with E-state index in [0.717, 1.165) is 21.6 Å². The van der Waals surface area contributed by atoms with Crippen LogP contribution in [0.5, 0.6) is 0 Å². The second-order valence-corrected chi connectivity index (χ2v) is 5.82. The minimum atomic E-state index is -0.275. The maximum absolute atomic E-state index is 12.3. The van der Waals surface area contributed by atoms with Crippen LogP contribution in [0.15, 0.2) is 60.0 Å². The third-order valence-corrected chi connectivity index (χ3v) is 4.27. The summed E-state index contributed by atoms with van der Waals surface area (Å²) in [7, 11) is 0. The van der Waals surface area contributed by atoms with Gasteiger partial charge in [-0.3, -0.25) is 10.1 Å². The molecule has 4 rings (SSSR count). The molecule has 2 N–H and O–H groups in total. The number of hydrogen-bond acceptors (Lipinski definition) is 4. The molecule has 5 nitrogen and oxygen atoms in total. The minimum absolute atomic E-state index is 0.275. The molecular formula is C17H12N4OS. The Labute approximate surface area is 136 Å². The minimum Gasteiger partial charge on any atom is -0.324 e. The zero-order chi connectivity index (χ0) is 15.6. The molecule has 0 spiro atoms. The van der Waals surface area contributed by atoms with Crippen molar-refractivity contribution in [3.05, 3.63) is 65.7 Å². The van der Waals surface area contributed by atoms with Gasteiger partial charge in [-0.2, -0.15) is 0 Å². The lowest BCUT2D eigenvalue weighted by molar-refractivity contribution is 0.102. The van der Waals surface area contributed by atoms with Gasteiger partial charge in [-0.1, -0.05) is 42.5 Å². The largest absolute Gasteiger partial charge is 0.324 e. The second-order valence-electron chi connectivity index (χ2n) is 4.96. The summed E-state index contributed by atoms with van der Waals surface area (Å²) in [5.74, 6) is 0.146. The van der Waals surface area contributed by atoms with E-state index >= 15 is 0 Å². The Balaban J connectivity index is 1.56. The monoisotopic (exact) mass is 320 g/mol. The van der Waals surface area contributed by atoms with Gasteiger partial charge >= 0.3 is 0 Å². The number of carbonyl (C=O) groups excluding carboxylic acids is 1. The Kier molecular flexibility index (Phi) is 3.36. The Morgan fingerprint density at radius 2 is 1.78 bits per heavy atom. The number of para-hydroxylation sites is 2. The van der Waals surface area contributed by atoms with E-state index in [1.807, 2.05) is 54.6 Å². The lowest BCUT2D eigenvalue weighted by atomic mass is 10.2. The molecule has 2 aromatic carbocycles. The normalized spacial score (nSPS) is 10.8. The standard InChI is InChI=1S/C17H12N4OS/c22-15(21-17-19-12-8-4-5-9-13(12)20-17)14-10-23-16(18-14)11-6-2-1-3-7-11/h1-10H,(H2,19,20,21,22). The number of imidazole rings is 1. The summed E-state index contributed by atoms with van der Waals surface area (Å²) in [6, 6.07) is 17.4. The molecule has 0 atom stereocenters. The quantitative estimate of drug-likeness (QED) is 0.600. The fourth-order valence-corrected chi connectivity index (χ4v) is 3.08. The third-order valence-electron chi connectivity index (χ3n) is 3.38. The lowest BCUT2D eigenvalue weighted by Crippen LogP contribution is -2.13. The van der Waals surface area contributed by atoms with Crippen LogP contribution in [0, 0.1) is 0 Å². The van der Waals surface area contributed by atoms with Crippen molar-refractivity contribution in [2.24, 2.45) is 0 Å². The molecule has 2 aromatic heterocycles. The number of aromatic nitrogens is 3. The molecule has 0 unspecified atom stereocenters. The van der Waals surface area contributed by atoms with E-state index in [-0.39, 0.29) is 5.91 Å². The van der Waals surface area contributed by atoms with Crippen LogP contribution in [0.25, 0.3) is 21.6 Å². The van der Waals surface area contributed by atoms with Crippen LogP contribution in [-0.2, 0) is 0 Å². The fourth-order valence-electron chi connectivity index (χ4n) is 2.27. The first-order valence-electron chi connectivity index (χ1n) is 7.07. The summed E-state index contributed by atoms with van der Waals surface area (Å²) in [6.45, 7) is 0. The van der Waals surface area contributed by atoms with Crippen LogP contribution in [-0.4, -0.2) is 20.9 Å². The summed E-state index contributed by atoms with van der Waals surface area (Å²) in [5, 5.41) is 5.32. The first-order chi connectivity index (χ1) is 11.3. The number of fused-ring (bicyclic) bond motifs is 1. The number of benzene rings is 2. The molecule has 0 aliphatic heterocycles. The number of carbonyl (C=O) groups is 1. The number of aromatic amines is 1. The van der Waals surface area contributed by atoms with Gasteiger partial charge in [0.05, 0.1) is 11.0 Å². The van der Waals surface area contributed by atoms with Crippen LogP contribution in [0.3, 0.4) is 0 Å². The Morgan fingerprint density at radius 3 is 2.61 bits per heavy atom. The van der Waals surface area contributed by atoms with E-state index in [9.17, 15) is 4.79 Å². The predicted octanol–water partition coefficient (Wildman–Crippen LogP) is 3.94. The molecule has 2 heterocycles. The third kappa shape index (κ3) is 2.72. The predicted molar refractivity (Wildman–Crippen MR) is 91.6 cm³/mol. The van der Waals surface area contributed by atoms with Gasteiger partial charge in [0.15, 0.2) is 0 Å². The number of nitrogens with one attached hydrogen (secondary N) is 2. The van der Waals surface area contributed by atoms with E-state index in [0.29, 0.717) is 11.6 Å². The molecule has 0 saturated carbocycles. The summed E-state index contributed by atoms with van der Waals surface area (Å²) in [6.07, 6.45) is 0. The first kappa shape index (κ1) is 13.7. The highest BCUT2D eigenvalue weighted by atomic mass is 32.1. The van der Waals surface area contributed by atoms with Crippen LogP contribution in [0.4, 0.5) is 5.95 Å². The molecule has 4 aromatic rings. The molecule has 0 aliphatic carbocycles. The average molecular weight is 320 g/mol. The number of anilines is 1. The molecular weight excluding hydrogens is 308 g/mol. The Bertz CT molecular complexity index is 941. The van der Waals surface area contributed by atoms with Crippen LogP contribution >= 0.6 is 11.3 Å². The van der Waals surface area contributed by atoms with Gasteiger partial charge < -0.3 is 4.98 Å². The number of nitrogens with zero attached hydrogens (tertiary/aromatic N) is 2. The number of hydrogen-bond donors (Lipinski definition) is 2. The van der Waals surface area contributed by atoms with E-state index in [4.69, 9.17) is 0 Å². The molecule has 1 amide bonds. The topological polar surface area (TPSA) is 70.7 Å². The molecule has 23 heavy (non-hydrogen) atoms. The molecule has 0 bridgehead atoms. The molecule has 0 fully saturated rings. The van der Waals surface area contributed by atoms with Gasteiger partial charge in [0.1, 0.15) is 10.7 Å². The van der Waals surface area contributed by atoms with Crippen LogP contribution in [0.1, 0.15) is 10.5 Å². The smallest absolute Gasteiger partial charge is 0.277 e. The molecule has 6 heteroatoms. The van der Waals surface area contributed by atoms with Crippen molar-refractivity contribution in [3.63, 3.8) is 0 Å². The second kappa shape index (κ2) is 5.66. The van der Waals surface area contributed by atoms with E-state index in [1.165, 1.54) is 11.3 Å². The average Bonchev–Trinajstić information content (AvgIpc) is 3.22. The van der Waals surface area contributed by atoms with Crippen molar-refractivity contribution >= 4 is 34.2 Å². The highest BCUT2D eigenvalue weighted by Crippen LogP contribution is 2.23. The summed E-state index contributed by atoms with van der Waals surface area (Å²) < 4.78 is 0. The lowest BCUT2D eigenvalue weighted by Gasteiger charge is -1.98. The van der Waals surface area contributed by atoms with Gasteiger partial charge in [0.2, 0.25) is 5.95 Å². The fraction of sp³-hybridized carbons (Fsp3) is 0. The van der Waals surface area contributed by atoms with Gasteiger partial charge in [-0.05, 0) is 12.1 Å². The van der Waals surface area contributed by atoms with Gasteiger partial charge in [-0.15, -0.1) is 11.3 Å². The van der Waals surface area contributed by atoms with Crippen LogP contribution in [0.2, 0.25) is 0 Å². The summed E-state index contributed by atoms with van der Waals surface area (Å²) in [4.78, 5) is 24.1. The van der Waals surface area contributed by atoms with Crippen LogP contribution < -0.4 is 5.32 Å². The van der Waals surface area contributed by atoms with Crippen molar-refractivity contribution in [1.82, 2.24) is 15.0 Å². The van der Waals surface area contributed by atoms with Gasteiger partial charge in [0, 0.05) is 10.9 Å². The van der Waals surface area contributed by atoms with Crippen molar-refractivity contribution in [3.8, 4) is 10.6 Å². The van der Waals surface area contributed by atoms with Crippen molar-refractivity contribution in [2.45, 2.75) is 0 Å². The maximum Gasteiger partial charge on any atom is 0.277 e. The maximum atomic E-state index is 12.3. The number of H-pyrrole nitrogens is 1. The van der Waals surface area contributed by atoms with Crippen molar-refractivity contribution in [2.75, 3.05) is 5.32 Å². The number of rotatable bonds is 3. The van der Waals surface area contributed by atoms with E-state index in [1.54, 1.807) is 5.38 Å². The Hall–Kier alpha value is -2.99. The number of thiazole rings is 1. The van der Waals surface area contributed by atoms with Gasteiger partial charge in [-0.25, -0.2) is 9.97 Å². The SMILES string of the molecule is O=C(Nc1nc2ccccc2[nH]1)c1csc(-c2ccccc2)n1. The summed E-state index contributed by atoms with van der Waals surface area (Å²) in [5.41, 5.74) is 3.08. The Morgan fingerprint density at radius 1 is 1.00 bits per heavy atom.